The first-order valence-corrected chi connectivity index (χ1v) is 21.8. The van der Waals surface area contributed by atoms with E-state index < -0.39 is 104 Å². The zero-order chi connectivity index (χ0) is 47.0. The molecule has 64 heavy (non-hydrogen) atoms. The van der Waals surface area contributed by atoms with Gasteiger partial charge in [-0.05, 0) is 68.6 Å². The van der Waals surface area contributed by atoms with Gasteiger partial charge in [0.05, 0.1) is 31.0 Å². The molecule has 13 atom stereocenters. The van der Waals surface area contributed by atoms with Crippen molar-refractivity contribution in [2.75, 3.05) is 13.2 Å². The summed E-state index contributed by atoms with van der Waals surface area (Å²) in [5.74, 6) is -4.36. The fraction of sp³-hybridized carbons (Fsp3) is 0.574. The summed E-state index contributed by atoms with van der Waals surface area (Å²) in [7, 11) is 0. The van der Waals surface area contributed by atoms with Crippen LogP contribution in [-0.2, 0) is 50.4 Å². The molecule has 17 nitrogen and oxygen atoms in total. The van der Waals surface area contributed by atoms with Crippen LogP contribution in [0.25, 0.3) is 0 Å². The van der Waals surface area contributed by atoms with Crippen LogP contribution >= 0.6 is 0 Å². The number of benzene rings is 1. The summed E-state index contributed by atoms with van der Waals surface area (Å²) < 4.78 is 34.7. The highest BCUT2D eigenvalue weighted by Gasteiger charge is 2.63. The summed E-state index contributed by atoms with van der Waals surface area (Å²) in [6, 6.07) is 2.25. The molecular weight excluding hydrogens is 837 g/mol. The minimum Gasteiger partial charge on any atom is -0.508 e. The lowest BCUT2D eigenvalue weighted by atomic mass is 9.86. The Bertz CT molecular complexity index is 1840. The Morgan fingerprint density at radius 2 is 1.55 bits per heavy atom. The molecule has 3 aliphatic heterocycles. The molecule has 2 fully saturated rings. The Balaban J connectivity index is 1.50. The molecule has 1 spiro atoms. The first-order valence-electron chi connectivity index (χ1n) is 21.8. The van der Waals surface area contributed by atoms with E-state index in [1.54, 1.807) is 18.2 Å². The SMILES string of the molecule is CCC(C)CC/C=C/C=C(/C)C(O)C/C=C/C=C/C(=O)OC1C(OC2OC(COC(=O)/C=C/C=C\CCC(O)CC)C(O)C(O)C2O)C(CO)OC2(OCc3cc(O)cc(O)c32)C1O. The number of carbonyl (C=O) groups is 2. The number of rotatable bonds is 22. The molecule has 3 heterocycles. The Labute approximate surface area is 373 Å². The number of aliphatic hydroxyl groups excluding tert-OH is 7. The van der Waals surface area contributed by atoms with E-state index in [-0.39, 0.29) is 29.9 Å². The topological polar surface area (TPSA) is 272 Å². The number of aromatic hydroxyl groups is 2. The monoisotopic (exact) mass is 902 g/mol. The molecule has 0 saturated carbocycles. The van der Waals surface area contributed by atoms with Crippen molar-refractivity contribution >= 4 is 11.9 Å². The van der Waals surface area contributed by atoms with E-state index in [9.17, 15) is 55.5 Å². The van der Waals surface area contributed by atoms with Crippen molar-refractivity contribution < 1.29 is 84.0 Å². The number of esters is 2. The Kier molecular flexibility index (Phi) is 20.8. The Morgan fingerprint density at radius 1 is 0.859 bits per heavy atom. The van der Waals surface area contributed by atoms with Crippen molar-refractivity contribution in [2.24, 2.45) is 5.92 Å². The third-order valence-electron chi connectivity index (χ3n) is 11.5. The van der Waals surface area contributed by atoms with Crippen LogP contribution in [0.2, 0.25) is 0 Å². The lowest BCUT2D eigenvalue weighted by Gasteiger charge is -2.50. The third-order valence-corrected chi connectivity index (χ3v) is 11.5. The predicted molar refractivity (Wildman–Crippen MR) is 231 cm³/mol. The molecule has 17 heteroatoms. The molecule has 4 rings (SSSR count). The van der Waals surface area contributed by atoms with Gasteiger partial charge in [-0.25, -0.2) is 9.59 Å². The second-order valence-corrected chi connectivity index (χ2v) is 16.3. The van der Waals surface area contributed by atoms with E-state index in [1.807, 2.05) is 26.0 Å². The summed E-state index contributed by atoms with van der Waals surface area (Å²) >= 11 is 0. The zero-order valence-corrected chi connectivity index (χ0v) is 36.8. The maximum Gasteiger partial charge on any atom is 0.331 e. The largest absolute Gasteiger partial charge is 0.508 e. The van der Waals surface area contributed by atoms with Gasteiger partial charge in [-0.1, -0.05) is 81.9 Å². The maximum absolute atomic E-state index is 13.4. The van der Waals surface area contributed by atoms with Gasteiger partial charge in [0, 0.05) is 18.2 Å². The second kappa shape index (κ2) is 25.5. The number of hydrogen-bond donors (Lipinski definition) is 9. The Hall–Kier alpha value is -4.24. The molecule has 0 radical (unpaired) electrons. The zero-order valence-electron chi connectivity index (χ0n) is 36.8. The average molecular weight is 903 g/mol. The van der Waals surface area contributed by atoms with Crippen LogP contribution in [0.4, 0.5) is 0 Å². The van der Waals surface area contributed by atoms with Crippen LogP contribution in [0.15, 0.2) is 84.5 Å². The quantitative estimate of drug-likeness (QED) is 0.0460. The van der Waals surface area contributed by atoms with Crippen LogP contribution in [0.3, 0.4) is 0 Å². The molecule has 1 aromatic carbocycles. The van der Waals surface area contributed by atoms with Crippen molar-refractivity contribution in [1.29, 1.82) is 0 Å². The van der Waals surface area contributed by atoms with Crippen LogP contribution in [0.1, 0.15) is 83.8 Å². The number of allylic oxidation sites excluding steroid dienone is 8. The van der Waals surface area contributed by atoms with Crippen LogP contribution in [-0.4, -0.2) is 138 Å². The average Bonchev–Trinajstić information content (AvgIpc) is 3.64. The minimum atomic E-state index is -2.28. The van der Waals surface area contributed by atoms with Crippen molar-refractivity contribution in [3.05, 3.63) is 95.7 Å². The van der Waals surface area contributed by atoms with Gasteiger partial charge in [0.15, 0.2) is 18.5 Å². The van der Waals surface area contributed by atoms with Crippen LogP contribution in [0, 0.1) is 5.92 Å². The Morgan fingerprint density at radius 3 is 2.25 bits per heavy atom. The van der Waals surface area contributed by atoms with E-state index in [0.29, 0.717) is 25.2 Å². The lowest BCUT2D eigenvalue weighted by molar-refractivity contribution is -0.395. The molecule has 13 unspecified atom stereocenters. The molecule has 1 aromatic rings. The van der Waals surface area contributed by atoms with E-state index in [0.717, 1.165) is 43.1 Å². The molecule has 0 amide bonds. The molecule has 9 N–H and O–H groups in total. The van der Waals surface area contributed by atoms with Gasteiger partial charge in [0.25, 0.3) is 0 Å². The summed E-state index contributed by atoms with van der Waals surface area (Å²) in [4.78, 5) is 25.8. The van der Waals surface area contributed by atoms with Gasteiger partial charge >= 0.3 is 11.9 Å². The maximum atomic E-state index is 13.4. The third kappa shape index (κ3) is 14.1. The number of aliphatic hydroxyl groups is 7. The fourth-order valence-electron chi connectivity index (χ4n) is 7.30. The van der Waals surface area contributed by atoms with E-state index in [4.69, 9.17) is 28.4 Å². The number of phenolic OH excluding ortho intramolecular Hbond substituents is 2. The first kappa shape index (κ1) is 52.4. The van der Waals surface area contributed by atoms with Crippen molar-refractivity contribution in [2.45, 2.75) is 152 Å². The highest BCUT2D eigenvalue weighted by Crippen LogP contribution is 2.51. The number of phenols is 2. The standard InChI is InChI=1S/C47H66O17/c1-5-28(3)17-11-9-12-18-29(4)33(51)20-14-10-16-22-38(54)62-44-43(35(25-48)64-47(45(44)58)39-30(26-60-47)23-32(50)24-34(39)52)63-46-42(57)41(56)40(55)36(61-46)27-59-37(53)21-15-8-7-13-19-31(49)6-2/h7-10,12,14-16,18,21-24,28,31,33,35-36,40-46,48-52,55-58H,5-6,11,13,17,19-20,25-27H2,1-4H3/b8-7-,12-9+,14-10+,21-15+,22-16+,29-18-. The van der Waals surface area contributed by atoms with Crippen molar-refractivity contribution in [3.63, 3.8) is 0 Å². The molecule has 0 bridgehead atoms. The number of hydrogen-bond acceptors (Lipinski definition) is 17. The number of carbonyl (C=O) groups excluding carboxylic acids is 2. The highest BCUT2D eigenvalue weighted by atomic mass is 16.8. The molecule has 0 aliphatic carbocycles. The molecular formula is C47H66O17. The predicted octanol–water partition coefficient (Wildman–Crippen LogP) is 3.04. The summed E-state index contributed by atoms with van der Waals surface area (Å²) in [5, 5.41) is 96.4. The highest BCUT2D eigenvalue weighted by molar-refractivity contribution is 5.82. The lowest BCUT2D eigenvalue weighted by Crippen LogP contribution is -2.67. The molecule has 0 aromatic heterocycles. The second-order valence-electron chi connectivity index (χ2n) is 16.3. The fourth-order valence-corrected chi connectivity index (χ4v) is 7.30. The molecule has 3 aliphatic rings. The first-order chi connectivity index (χ1) is 30.6. The van der Waals surface area contributed by atoms with E-state index in [2.05, 4.69) is 19.9 Å². The minimum absolute atomic E-state index is 0.118. The van der Waals surface area contributed by atoms with Crippen LogP contribution < -0.4 is 0 Å². The van der Waals surface area contributed by atoms with E-state index >= 15 is 0 Å². The normalized spacial score (nSPS) is 30.2. The number of ether oxygens (including phenoxy) is 6. The van der Waals surface area contributed by atoms with Gasteiger partial charge in [-0.15, -0.1) is 0 Å². The van der Waals surface area contributed by atoms with Gasteiger partial charge in [-0.2, -0.15) is 0 Å². The van der Waals surface area contributed by atoms with Gasteiger partial charge in [0.1, 0.15) is 54.7 Å². The van der Waals surface area contributed by atoms with Gasteiger partial charge < -0.3 is 74.4 Å². The van der Waals surface area contributed by atoms with Gasteiger partial charge in [0.2, 0.25) is 5.79 Å². The van der Waals surface area contributed by atoms with Crippen molar-refractivity contribution in [3.8, 4) is 11.5 Å². The van der Waals surface area contributed by atoms with E-state index in [1.165, 1.54) is 24.3 Å². The number of fused-ring (bicyclic) bond motifs is 2. The smallest absolute Gasteiger partial charge is 0.331 e. The molecule has 2 saturated heterocycles. The summed E-state index contributed by atoms with van der Waals surface area (Å²) in [6.07, 6.45) is 5.02. The molecule has 356 valence electrons. The van der Waals surface area contributed by atoms with Crippen LogP contribution in [0.5, 0.6) is 11.5 Å². The summed E-state index contributed by atoms with van der Waals surface area (Å²) in [6.45, 7) is 6.24. The van der Waals surface area contributed by atoms with Gasteiger partial charge in [-0.3, -0.25) is 0 Å². The summed E-state index contributed by atoms with van der Waals surface area (Å²) in [5.41, 5.74) is 0.842. The van der Waals surface area contributed by atoms with Crippen molar-refractivity contribution in [1.82, 2.24) is 0 Å².